The van der Waals surface area contributed by atoms with Crippen LogP contribution in [0.15, 0.2) is 53.4 Å². The van der Waals surface area contributed by atoms with E-state index < -0.39 is 22.6 Å². The summed E-state index contributed by atoms with van der Waals surface area (Å²) in [5, 5.41) is 0. The topological polar surface area (TPSA) is 80.8 Å². The summed E-state index contributed by atoms with van der Waals surface area (Å²) in [4.78, 5) is 25.1. The van der Waals surface area contributed by atoms with Gasteiger partial charge in [0.2, 0.25) is 10.0 Å². The molecular weight excluding hydrogens is 450 g/mol. The average Bonchev–Trinajstić information content (AvgIpc) is 3.06. The molecule has 0 N–H and O–H groups in total. The summed E-state index contributed by atoms with van der Waals surface area (Å²) in [5.74, 6) is -1.02. The maximum absolute atomic E-state index is 13.5. The summed E-state index contributed by atoms with van der Waals surface area (Å²) >= 11 is 0. The van der Waals surface area contributed by atoms with E-state index in [1.807, 2.05) is 19.1 Å². The number of Topliss-reactive ketones (excluding diaryl/α,β-unsaturated/α-hetero) is 1. The summed E-state index contributed by atoms with van der Waals surface area (Å²) in [6, 6.07) is 13.1. The number of benzene rings is 2. The van der Waals surface area contributed by atoms with Gasteiger partial charge in [-0.2, -0.15) is 4.31 Å². The number of hydrogen-bond acceptors (Lipinski definition) is 5. The van der Waals surface area contributed by atoms with Gasteiger partial charge >= 0.3 is 5.97 Å². The molecule has 1 aliphatic carbocycles. The second-order valence-corrected chi connectivity index (χ2v) is 12.7. The predicted molar refractivity (Wildman–Crippen MR) is 130 cm³/mol. The Morgan fingerprint density at radius 3 is 2.41 bits per heavy atom. The van der Waals surface area contributed by atoms with Gasteiger partial charge in [0.1, 0.15) is 0 Å². The quantitative estimate of drug-likeness (QED) is 0.414. The number of ether oxygens (including phenoxy) is 1. The highest BCUT2D eigenvalue weighted by atomic mass is 32.2. The van der Waals surface area contributed by atoms with Crippen LogP contribution in [0.4, 0.5) is 0 Å². The first-order valence-corrected chi connectivity index (χ1v) is 13.3. The zero-order valence-electron chi connectivity index (χ0n) is 20.3. The Morgan fingerprint density at radius 2 is 1.74 bits per heavy atom. The molecule has 1 saturated heterocycles. The molecule has 0 amide bonds. The van der Waals surface area contributed by atoms with Crippen molar-refractivity contribution < 1.29 is 22.7 Å². The molecule has 6 nitrogen and oxygen atoms in total. The molecule has 0 spiro atoms. The van der Waals surface area contributed by atoms with Crippen molar-refractivity contribution in [1.82, 2.24) is 4.31 Å². The fraction of sp³-hybridized carbons (Fsp3) is 0.481. The molecule has 34 heavy (non-hydrogen) atoms. The van der Waals surface area contributed by atoms with Gasteiger partial charge in [-0.3, -0.25) is 4.79 Å². The smallest absolute Gasteiger partial charge is 0.338 e. The standard InChI is InChI=1S/C27H33NO5S/c1-5-19-9-11-20(12-10-19)24(29)16-33-25(30)21-7-6-8-23(13-21)34(31,32)28-18-27(4)15-22(28)14-26(2,3)17-27/h6-13,22H,5,14-18H2,1-4H3. The Labute approximate surface area is 202 Å². The minimum Gasteiger partial charge on any atom is -0.454 e. The normalized spacial score (nSPS) is 24.1. The summed E-state index contributed by atoms with van der Waals surface area (Å²) < 4.78 is 33.9. The molecule has 182 valence electrons. The van der Waals surface area contributed by atoms with E-state index >= 15 is 0 Å². The van der Waals surface area contributed by atoms with Gasteiger partial charge in [-0.15, -0.1) is 0 Å². The minimum atomic E-state index is -3.76. The van der Waals surface area contributed by atoms with Gasteiger partial charge in [-0.25, -0.2) is 13.2 Å². The van der Waals surface area contributed by atoms with Gasteiger partial charge in [-0.05, 0) is 60.3 Å². The molecule has 2 atom stereocenters. The van der Waals surface area contributed by atoms with E-state index in [9.17, 15) is 18.0 Å². The highest BCUT2D eigenvalue weighted by molar-refractivity contribution is 7.89. The number of aryl methyl sites for hydroxylation is 1. The lowest BCUT2D eigenvalue weighted by atomic mass is 9.65. The molecule has 4 rings (SSSR count). The summed E-state index contributed by atoms with van der Waals surface area (Å²) in [6.45, 7) is 8.68. The molecule has 1 aliphatic heterocycles. The summed E-state index contributed by atoms with van der Waals surface area (Å²) in [7, 11) is -3.76. The van der Waals surface area contributed by atoms with Crippen LogP contribution in [0, 0.1) is 10.8 Å². The van der Waals surface area contributed by atoms with Gasteiger partial charge in [-0.1, -0.05) is 58.0 Å². The number of rotatable bonds is 7. The molecule has 0 aromatic heterocycles. The lowest BCUT2D eigenvalue weighted by Gasteiger charge is -2.39. The Kier molecular flexibility index (Phi) is 6.46. The lowest BCUT2D eigenvalue weighted by Crippen LogP contribution is -2.37. The van der Waals surface area contributed by atoms with Crippen LogP contribution >= 0.6 is 0 Å². The molecule has 1 saturated carbocycles. The number of fused-ring (bicyclic) bond motifs is 2. The molecule has 2 aromatic rings. The average molecular weight is 484 g/mol. The van der Waals surface area contributed by atoms with Crippen LogP contribution in [-0.4, -0.2) is 43.7 Å². The third-order valence-corrected chi connectivity index (χ3v) is 8.96. The van der Waals surface area contributed by atoms with E-state index in [1.54, 1.807) is 22.5 Å². The number of hydrogen-bond donors (Lipinski definition) is 0. The first kappa shape index (κ1) is 24.6. The van der Waals surface area contributed by atoms with Crippen molar-refractivity contribution >= 4 is 21.8 Å². The van der Waals surface area contributed by atoms with Crippen LogP contribution in [-0.2, 0) is 21.2 Å². The first-order chi connectivity index (χ1) is 15.9. The number of ketones is 1. The van der Waals surface area contributed by atoms with Crippen molar-refractivity contribution in [3.8, 4) is 0 Å². The van der Waals surface area contributed by atoms with Crippen molar-refractivity contribution in [3.63, 3.8) is 0 Å². The zero-order valence-corrected chi connectivity index (χ0v) is 21.2. The van der Waals surface area contributed by atoms with Gasteiger partial charge in [0, 0.05) is 18.2 Å². The highest BCUT2D eigenvalue weighted by Crippen LogP contribution is 2.53. The Bertz CT molecular complexity index is 1200. The summed E-state index contributed by atoms with van der Waals surface area (Å²) in [6.07, 6.45) is 3.55. The summed E-state index contributed by atoms with van der Waals surface area (Å²) in [5.41, 5.74) is 1.76. The highest BCUT2D eigenvalue weighted by Gasteiger charge is 2.53. The molecule has 2 aromatic carbocycles. The third kappa shape index (κ3) is 4.96. The van der Waals surface area contributed by atoms with Crippen LogP contribution in [0.2, 0.25) is 0 Å². The van der Waals surface area contributed by atoms with Gasteiger partial charge in [0.15, 0.2) is 12.4 Å². The molecule has 1 heterocycles. The molecule has 2 aliphatic rings. The Morgan fingerprint density at radius 1 is 1.03 bits per heavy atom. The van der Waals surface area contributed by atoms with E-state index in [2.05, 4.69) is 20.8 Å². The number of sulfonamides is 1. The van der Waals surface area contributed by atoms with Crippen LogP contribution in [0.5, 0.6) is 0 Å². The fourth-order valence-electron chi connectivity index (χ4n) is 5.83. The Balaban J connectivity index is 1.47. The van der Waals surface area contributed by atoms with Crippen LogP contribution in [0.1, 0.15) is 73.2 Å². The van der Waals surface area contributed by atoms with E-state index in [0.717, 1.165) is 31.2 Å². The zero-order chi connectivity index (χ0) is 24.7. The molecule has 7 heteroatoms. The van der Waals surface area contributed by atoms with Crippen LogP contribution < -0.4 is 0 Å². The second kappa shape index (κ2) is 8.93. The Hall–Kier alpha value is -2.51. The number of carbonyl (C=O) groups is 2. The van der Waals surface area contributed by atoms with E-state index in [1.165, 1.54) is 18.2 Å². The lowest BCUT2D eigenvalue weighted by molar-refractivity contribution is 0.0474. The SMILES string of the molecule is CCc1ccc(C(=O)COC(=O)c2cccc(S(=O)(=O)N3CC4(C)CC3CC(C)(C)C4)c2)cc1. The van der Waals surface area contributed by atoms with Gasteiger partial charge in [0.25, 0.3) is 0 Å². The van der Waals surface area contributed by atoms with E-state index in [-0.39, 0.29) is 33.1 Å². The molecule has 2 bridgehead atoms. The van der Waals surface area contributed by atoms with Crippen molar-refractivity contribution in [2.45, 2.75) is 64.3 Å². The number of carbonyl (C=O) groups excluding carboxylic acids is 2. The van der Waals surface area contributed by atoms with Crippen molar-refractivity contribution in [3.05, 3.63) is 65.2 Å². The molecule has 2 unspecified atom stereocenters. The van der Waals surface area contributed by atoms with Gasteiger partial charge in [0.05, 0.1) is 10.5 Å². The second-order valence-electron chi connectivity index (χ2n) is 10.8. The van der Waals surface area contributed by atoms with Crippen molar-refractivity contribution in [2.75, 3.05) is 13.2 Å². The molecular formula is C27H33NO5S. The van der Waals surface area contributed by atoms with E-state index in [0.29, 0.717) is 12.1 Å². The third-order valence-electron chi connectivity index (χ3n) is 7.06. The van der Waals surface area contributed by atoms with Crippen molar-refractivity contribution in [1.29, 1.82) is 0 Å². The van der Waals surface area contributed by atoms with Crippen LogP contribution in [0.3, 0.4) is 0 Å². The molecule has 2 fully saturated rings. The number of nitrogens with zero attached hydrogens (tertiary/aromatic N) is 1. The largest absolute Gasteiger partial charge is 0.454 e. The predicted octanol–water partition coefficient (Wildman–Crippen LogP) is 4.88. The monoisotopic (exact) mass is 483 g/mol. The number of esters is 1. The minimum absolute atomic E-state index is 0.0360. The first-order valence-electron chi connectivity index (χ1n) is 11.8. The fourth-order valence-corrected chi connectivity index (χ4v) is 7.65. The molecule has 0 radical (unpaired) electrons. The van der Waals surface area contributed by atoms with Crippen molar-refractivity contribution in [2.24, 2.45) is 10.8 Å². The van der Waals surface area contributed by atoms with Gasteiger partial charge < -0.3 is 4.74 Å². The maximum Gasteiger partial charge on any atom is 0.338 e. The maximum atomic E-state index is 13.5. The van der Waals surface area contributed by atoms with Crippen LogP contribution in [0.25, 0.3) is 0 Å². The van der Waals surface area contributed by atoms with E-state index in [4.69, 9.17) is 4.74 Å².